The molecule has 1 aromatic heterocycles. The maximum atomic E-state index is 5.99. The Bertz CT molecular complexity index is 371. The normalized spacial score (nSPS) is 19.3. The molecule has 1 aliphatic heterocycles. The number of nitrogens with one attached hydrogen (secondary N) is 1. The molecule has 1 N–H and O–H groups in total. The smallest absolute Gasteiger partial charge is 0.138 e. The zero-order chi connectivity index (χ0) is 13.7. The van der Waals surface area contributed by atoms with E-state index in [4.69, 9.17) is 4.74 Å². The lowest BCUT2D eigenvalue weighted by molar-refractivity contribution is 0.114. The van der Waals surface area contributed by atoms with Gasteiger partial charge in [-0.2, -0.15) is 0 Å². The summed E-state index contributed by atoms with van der Waals surface area (Å²) in [5.74, 6) is 0.891. The zero-order valence-corrected chi connectivity index (χ0v) is 12.2. The Kier molecular flexibility index (Phi) is 5.16. The fraction of sp³-hybridized carbons (Fsp3) is 0.667. The highest BCUT2D eigenvalue weighted by molar-refractivity contribution is 5.21. The summed E-state index contributed by atoms with van der Waals surface area (Å²) in [7, 11) is 2.16. The summed E-state index contributed by atoms with van der Waals surface area (Å²) in [6, 6.07) is 4.38. The number of hydrogen-bond acceptors (Lipinski definition) is 4. The molecule has 1 aromatic rings. The molecular formula is C15H25N3O. The van der Waals surface area contributed by atoms with E-state index in [1.165, 1.54) is 0 Å². The van der Waals surface area contributed by atoms with Crippen molar-refractivity contribution in [2.75, 3.05) is 26.7 Å². The molecule has 0 saturated carbocycles. The molecular weight excluding hydrogens is 238 g/mol. The maximum Gasteiger partial charge on any atom is 0.138 e. The highest BCUT2D eigenvalue weighted by atomic mass is 16.5. The van der Waals surface area contributed by atoms with Crippen LogP contribution in [-0.2, 0) is 0 Å². The third kappa shape index (κ3) is 4.18. The van der Waals surface area contributed by atoms with Crippen LogP contribution in [0.5, 0.6) is 5.75 Å². The summed E-state index contributed by atoms with van der Waals surface area (Å²) in [5, 5.41) is 3.36. The Labute approximate surface area is 116 Å². The van der Waals surface area contributed by atoms with Crippen LogP contribution in [0, 0.1) is 0 Å². The molecule has 2 heterocycles. The van der Waals surface area contributed by atoms with Crippen molar-refractivity contribution in [1.82, 2.24) is 15.2 Å². The van der Waals surface area contributed by atoms with Crippen LogP contribution >= 0.6 is 0 Å². The molecule has 1 unspecified atom stereocenters. The van der Waals surface area contributed by atoms with E-state index in [0.717, 1.165) is 43.9 Å². The van der Waals surface area contributed by atoms with Gasteiger partial charge < -0.3 is 15.0 Å². The van der Waals surface area contributed by atoms with Crippen LogP contribution in [0.2, 0.25) is 0 Å². The van der Waals surface area contributed by atoms with Gasteiger partial charge in [-0.15, -0.1) is 0 Å². The Morgan fingerprint density at radius 3 is 2.74 bits per heavy atom. The molecule has 106 valence electrons. The van der Waals surface area contributed by atoms with Crippen LogP contribution in [0.3, 0.4) is 0 Å². The van der Waals surface area contributed by atoms with Gasteiger partial charge in [0.1, 0.15) is 11.9 Å². The minimum absolute atomic E-state index is 0.294. The van der Waals surface area contributed by atoms with Crippen molar-refractivity contribution in [2.24, 2.45) is 0 Å². The van der Waals surface area contributed by atoms with E-state index in [1.54, 1.807) is 0 Å². The molecule has 1 saturated heterocycles. The van der Waals surface area contributed by atoms with Gasteiger partial charge in [-0.3, -0.25) is 4.98 Å². The molecule has 1 aliphatic rings. The van der Waals surface area contributed by atoms with Crippen molar-refractivity contribution >= 4 is 0 Å². The summed E-state index contributed by atoms with van der Waals surface area (Å²) >= 11 is 0. The number of rotatable bonds is 5. The molecule has 0 aliphatic carbocycles. The fourth-order valence-electron chi connectivity index (χ4n) is 2.42. The van der Waals surface area contributed by atoms with Gasteiger partial charge in [0.25, 0.3) is 0 Å². The number of hydrogen-bond donors (Lipinski definition) is 1. The molecule has 19 heavy (non-hydrogen) atoms. The van der Waals surface area contributed by atoms with Crippen molar-refractivity contribution < 1.29 is 4.74 Å². The Hall–Kier alpha value is -1.13. The van der Waals surface area contributed by atoms with Gasteiger partial charge in [-0.1, -0.05) is 6.92 Å². The van der Waals surface area contributed by atoms with Crippen molar-refractivity contribution in [3.8, 4) is 5.75 Å². The SMILES string of the molecule is CCNC(C)c1ccc(OC2CCN(C)CC2)cn1. The van der Waals surface area contributed by atoms with Crippen molar-refractivity contribution in [3.63, 3.8) is 0 Å². The molecule has 2 rings (SSSR count). The summed E-state index contributed by atoms with van der Waals surface area (Å²) in [6.45, 7) is 7.43. The van der Waals surface area contributed by atoms with E-state index in [0.29, 0.717) is 12.1 Å². The lowest BCUT2D eigenvalue weighted by Crippen LogP contribution is -2.35. The highest BCUT2D eigenvalue weighted by Gasteiger charge is 2.18. The third-order valence-corrected chi connectivity index (χ3v) is 3.68. The number of ether oxygens (including phenoxy) is 1. The first-order valence-corrected chi connectivity index (χ1v) is 7.23. The minimum Gasteiger partial charge on any atom is -0.489 e. The predicted octanol–water partition coefficient (Wildman–Crippen LogP) is 2.23. The Morgan fingerprint density at radius 2 is 2.16 bits per heavy atom. The molecule has 4 nitrogen and oxygen atoms in total. The molecule has 4 heteroatoms. The molecule has 0 spiro atoms. The number of likely N-dealkylation sites (tertiary alicyclic amines) is 1. The van der Waals surface area contributed by atoms with Gasteiger partial charge in [0, 0.05) is 19.1 Å². The summed E-state index contributed by atoms with van der Waals surface area (Å²) in [4.78, 5) is 6.83. The molecule has 0 bridgehead atoms. The first-order valence-electron chi connectivity index (χ1n) is 7.23. The van der Waals surface area contributed by atoms with Gasteiger partial charge >= 0.3 is 0 Å². The van der Waals surface area contributed by atoms with Crippen molar-refractivity contribution in [1.29, 1.82) is 0 Å². The summed E-state index contributed by atoms with van der Waals surface area (Å²) < 4.78 is 5.99. The van der Waals surface area contributed by atoms with E-state index in [1.807, 2.05) is 12.3 Å². The fourth-order valence-corrected chi connectivity index (χ4v) is 2.42. The van der Waals surface area contributed by atoms with E-state index in [-0.39, 0.29) is 0 Å². The number of aromatic nitrogens is 1. The Morgan fingerprint density at radius 1 is 1.42 bits per heavy atom. The second-order valence-electron chi connectivity index (χ2n) is 5.32. The summed E-state index contributed by atoms with van der Waals surface area (Å²) in [5.41, 5.74) is 1.07. The van der Waals surface area contributed by atoms with Gasteiger partial charge in [-0.25, -0.2) is 0 Å². The average Bonchev–Trinajstić information content (AvgIpc) is 2.42. The van der Waals surface area contributed by atoms with Crippen molar-refractivity contribution in [2.45, 2.75) is 38.8 Å². The molecule has 0 aromatic carbocycles. The lowest BCUT2D eigenvalue weighted by atomic mass is 10.1. The van der Waals surface area contributed by atoms with Crippen molar-refractivity contribution in [3.05, 3.63) is 24.0 Å². The number of pyridine rings is 1. The van der Waals surface area contributed by atoms with E-state index in [2.05, 4.69) is 42.2 Å². The van der Waals surface area contributed by atoms with E-state index >= 15 is 0 Å². The largest absolute Gasteiger partial charge is 0.489 e. The minimum atomic E-state index is 0.294. The van der Waals surface area contributed by atoms with Crippen LogP contribution in [0.25, 0.3) is 0 Å². The standard InChI is InChI=1S/C15H25N3O/c1-4-16-12(2)15-6-5-14(11-17-15)19-13-7-9-18(3)10-8-13/h5-6,11-13,16H,4,7-10H2,1-3H3. The second kappa shape index (κ2) is 6.87. The van der Waals surface area contributed by atoms with Gasteiger partial charge in [0.15, 0.2) is 0 Å². The third-order valence-electron chi connectivity index (χ3n) is 3.68. The number of piperidine rings is 1. The van der Waals surface area contributed by atoms with Crippen LogP contribution < -0.4 is 10.1 Å². The molecule has 1 fully saturated rings. The monoisotopic (exact) mass is 263 g/mol. The number of nitrogens with zero attached hydrogens (tertiary/aromatic N) is 2. The average molecular weight is 263 g/mol. The van der Waals surface area contributed by atoms with Crippen LogP contribution in [0.1, 0.15) is 38.4 Å². The zero-order valence-electron chi connectivity index (χ0n) is 12.2. The second-order valence-corrected chi connectivity index (χ2v) is 5.32. The first-order chi connectivity index (χ1) is 9.19. The maximum absolute atomic E-state index is 5.99. The van der Waals surface area contributed by atoms with Gasteiger partial charge in [-0.05, 0) is 45.5 Å². The Balaban J connectivity index is 1.88. The lowest BCUT2D eigenvalue weighted by Gasteiger charge is -2.29. The predicted molar refractivity (Wildman–Crippen MR) is 77.5 cm³/mol. The molecule has 0 amide bonds. The molecule has 0 radical (unpaired) electrons. The van der Waals surface area contributed by atoms with Crippen LogP contribution in [0.15, 0.2) is 18.3 Å². The quantitative estimate of drug-likeness (QED) is 0.884. The molecule has 1 atom stereocenters. The summed E-state index contributed by atoms with van der Waals surface area (Å²) in [6.07, 6.45) is 4.40. The van der Waals surface area contributed by atoms with E-state index < -0.39 is 0 Å². The first kappa shape index (κ1) is 14.3. The highest BCUT2D eigenvalue weighted by Crippen LogP contribution is 2.19. The van der Waals surface area contributed by atoms with Gasteiger partial charge in [0.05, 0.1) is 11.9 Å². The van der Waals surface area contributed by atoms with E-state index in [9.17, 15) is 0 Å². The van der Waals surface area contributed by atoms with Gasteiger partial charge in [0.2, 0.25) is 0 Å². The van der Waals surface area contributed by atoms with Crippen LogP contribution in [0.4, 0.5) is 0 Å². The topological polar surface area (TPSA) is 37.4 Å². The van der Waals surface area contributed by atoms with Crippen LogP contribution in [-0.4, -0.2) is 42.7 Å².